The van der Waals surface area contributed by atoms with Crippen molar-refractivity contribution >= 4 is 37.1 Å². The van der Waals surface area contributed by atoms with Gasteiger partial charge in [0.15, 0.2) is 0 Å². The van der Waals surface area contributed by atoms with Crippen LogP contribution in [0.15, 0.2) is 30.3 Å². The van der Waals surface area contributed by atoms with E-state index in [1.807, 2.05) is 30.3 Å². The highest BCUT2D eigenvalue weighted by Gasteiger charge is 2.37. The number of carbonyl (C=O) groups excluding carboxylic acids is 2. The summed E-state index contributed by atoms with van der Waals surface area (Å²) in [5.41, 5.74) is 2.07. The Kier molecular flexibility index (Phi) is 7.48. The maximum atomic E-state index is 13.1. The van der Waals surface area contributed by atoms with Gasteiger partial charge in [0.25, 0.3) is 11.8 Å². The van der Waals surface area contributed by atoms with Gasteiger partial charge in [0.05, 0.1) is 0 Å². The SMILES string of the molecule is CO[Si](CCCNc1ccc2c3c(cccc13)C(=O)N(CCC(C)C)C2=O)(OC)OC. The van der Waals surface area contributed by atoms with Crippen LogP contribution in [0.1, 0.15) is 47.4 Å². The maximum Gasteiger partial charge on any atom is 0.500 e. The Balaban J connectivity index is 1.81. The van der Waals surface area contributed by atoms with E-state index in [1.54, 1.807) is 21.3 Å². The van der Waals surface area contributed by atoms with Crippen LogP contribution < -0.4 is 5.32 Å². The summed E-state index contributed by atoms with van der Waals surface area (Å²) < 4.78 is 16.4. The van der Waals surface area contributed by atoms with Crippen molar-refractivity contribution in [1.29, 1.82) is 0 Å². The number of imide groups is 1. The first-order valence-corrected chi connectivity index (χ1v) is 12.6. The summed E-state index contributed by atoms with van der Waals surface area (Å²) in [4.78, 5) is 27.5. The summed E-state index contributed by atoms with van der Waals surface area (Å²) in [5, 5.41) is 5.05. The molecule has 1 heterocycles. The van der Waals surface area contributed by atoms with Crippen molar-refractivity contribution in [3.8, 4) is 0 Å². The third kappa shape index (κ3) is 4.67. The fourth-order valence-corrected chi connectivity index (χ4v) is 5.70. The highest BCUT2D eigenvalue weighted by Crippen LogP contribution is 2.34. The van der Waals surface area contributed by atoms with Gasteiger partial charge in [-0.15, -0.1) is 0 Å². The van der Waals surface area contributed by atoms with Crippen molar-refractivity contribution in [2.75, 3.05) is 39.7 Å². The van der Waals surface area contributed by atoms with Crippen molar-refractivity contribution in [1.82, 2.24) is 4.90 Å². The van der Waals surface area contributed by atoms with Crippen LogP contribution in [-0.2, 0) is 13.3 Å². The van der Waals surface area contributed by atoms with Crippen molar-refractivity contribution in [2.24, 2.45) is 5.92 Å². The number of anilines is 1. The molecule has 168 valence electrons. The van der Waals surface area contributed by atoms with Crippen LogP contribution in [0.5, 0.6) is 0 Å². The van der Waals surface area contributed by atoms with E-state index in [9.17, 15) is 9.59 Å². The summed E-state index contributed by atoms with van der Waals surface area (Å²) in [6.45, 7) is 5.30. The molecular weight excluding hydrogens is 412 g/mol. The monoisotopic (exact) mass is 444 g/mol. The smallest absolute Gasteiger partial charge is 0.385 e. The van der Waals surface area contributed by atoms with Crippen LogP contribution in [0.2, 0.25) is 6.04 Å². The Morgan fingerprint density at radius 3 is 2.23 bits per heavy atom. The van der Waals surface area contributed by atoms with Gasteiger partial charge in [-0.3, -0.25) is 14.5 Å². The summed E-state index contributed by atoms with van der Waals surface area (Å²) in [5.74, 6) is -0.00517. The minimum Gasteiger partial charge on any atom is -0.385 e. The lowest BCUT2D eigenvalue weighted by Crippen LogP contribution is -2.42. The molecule has 0 aliphatic carbocycles. The van der Waals surface area contributed by atoms with E-state index in [2.05, 4.69) is 19.2 Å². The lowest BCUT2D eigenvalue weighted by Gasteiger charge is -2.28. The zero-order valence-corrected chi connectivity index (χ0v) is 20.0. The Hall–Kier alpha value is -2.26. The lowest BCUT2D eigenvalue weighted by molar-refractivity contribution is 0.0604. The first kappa shape index (κ1) is 23.4. The summed E-state index contributed by atoms with van der Waals surface area (Å²) in [6, 6.07) is 10.1. The van der Waals surface area contributed by atoms with E-state index in [1.165, 1.54) is 4.90 Å². The van der Waals surface area contributed by atoms with Crippen molar-refractivity contribution in [2.45, 2.75) is 32.7 Å². The van der Waals surface area contributed by atoms with Gasteiger partial charge >= 0.3 is 8.80 Å². The van der Waals surface area contributed by atoms with Gasteiger partial charge in [-0.05, 0) is 37.0 Å². The molecule has 1 aliphatic rings. The number of nitrogens with one attached hydrogen (secondary N) is 1. The van der Waals surface area contributed by atoms with E-state index in [-0.39, 0.29) is 11.8 Å². The highest BCUT2D eigenvalue weighted by atomic mass is 28.4. The summed E-state index contributed by atoms with van der Waals surface area (Å²) in [6.07, 6.45) is 1.59. The minimum absolute atomic E-state index is 0.211. The largest absolute Gasteiger partial charge is 0.500 e. The topological polar surface area (TPSA) is 77.1 Å². The third-order valence-corrected chi connectivity index (χ3v) is 8.66. The van der Waals surface area contributed by atoms with Crippen LogP contribution >= 0.6 is 0 Å². The van der Waals surface area contributed by atoms with E-state index >= 15 is 0 Å². The molecule has 0 spiro atoms. The van der Waals surface area contributed by atoms with Crippen molar-refractivity contribution in [3.63, 3.8) is 0 Å². The first-order chi connectivity index (χ1) is 14.9. The van der Waals surface area contributed by atoms with Gasteiger partial charge in [-0.1, -0.05) is 26.0 Å². The number of carbonyl (C=O) groups is 2. The predicted molar refractivity (Wildman–Crippen MR) is 123 cm³/mol. The number of nitrogens with zero attached hydrogens (tertiary/aromatic N) is 1. The van der Waals surface area contributed by atoms with Gasteiger partial charge in [0.2, 0.25) is 0 Å². The van der Waals surface area contributed by atoms with Gasteiger partial charge in [-0.2, -0.15) is 0 Å². The second-order valence-electron chi connectivity index (χ2n) is 8.16. The Bertz CT molecular complexity index is 928. The molecule has 31 heavy (non-hydrogen) atoms. The number of benzene rings is 2. The maximum absolute atomic E-state index is 13.1. The van der Waals surface area contributed by atoms with Gasteiger partial charge in [-0.25, -0.2) is 0 Å². The Labute approximate surface area is 185 Å². The molecule has 0 unspecified atom stereocenters. The zero-order valence-electron chi connectivity index (χ0n) is 19.0. The molecule has 1 aliphatic heterocycles. The molecule has 0 atom stereocenters. The molecule has 0 bridgehead atoms. The van der Waals surface area contributed by atoms with E-state index in [0.717, 1.165) is 29.3 Å². The van der Waals surface area contributed by atoms with Crippen LogP contribution in [0.3, 0.4) is 0 Å². The van der Waals surface area contributed by atoms with Crippen LogP contribution in [0, 0.1) is 5.92 Å². The molecule has 2 amide bonds. The molecule has 1 N–H and O–H groups in total. The zero-order chi connectivity index (χ0) is 22.6. The van der Waals surface area contributed by atoms with Gasteiger partial charge < -0.3 is 18.6 Å². The van der Waals surface area contributed by atoms with Gasteiger partial charge in [0, 0.05) is 68.0 Å². The number of hydrogen-bond donors (Lipinski definition) is 1. The molecule has 8 heteroatoms. The normalized spacial score (nSPS) is 14.1. The van der Waals surface area contributed by atoms with E-state index in [4.69, 9.17) is 13.3 Å². The Morgan fingerprint density at radius 2 is 1.61 bits per heavy atom. The fourth-order valence-electron chi connectivity index (χ4n) is 3.97. The van der Waals surface area contributed by atoms with Crippen LogP contribution in [0.25, 0.3) is 10.8 Å². The molecular formula is C23H32N2O5Si. The summed E-state index contributed by atoms with van der Waals surface area (Å²) >= 11 is 0. The average Bonchev–Trinajstić information content (AvgIpc) is 2.78. The molecule has 0 saturated heterocycles. The van der Waals surface area contributed by atoms with Crippen LogP contribution in [0.4, 0.5) is 5.69 Å². The standard InChI is InChI=1S/C23H32N2O5Si/c1-16(2)12-14-25-22(26)18-9-6-8-17-20(11-10-19(21(17)18)23(25)27)24-13-7-15-31(28-3,29-4)30-5/h6,8-11,16,24H,7,12-15H2,1-5H3. The van der Waals surface area contributed by atoms with Crippen molar-refractivity contribution < 1.29 is 22.9 Å². The molecule has 7 nitrogen and oxygen atoms in total. The quantitative estimate of drug-likeness (QED) is 0.319. The van der Waals surface area contributed by atoms with E-state index in [0.29, 0.717) is 36.2 Å². The Morgan fingerprint density at radius 1 is 0.968 bits per heavy atom. The first-order valence-electron chi connectivity index (χ1n) is 10.7. The predicted octanol–water partition coefficient (Wildman–Crippen LogP) is 4.16. The fraction of sp³-hybridized carbons (Fsp3) is 0.478. The average molecular weight is 445 g/mol. The number of amides is 2. The van der Waals surface area contributed by atoms with Crippen molar-refractivity contribution in [3.05, 3.63) is 41.5 Å². The van der Waals surface area contributed by atoms with E-state index < -0.39 is 8.80 Å². The molecule has 2 aromatic rings. The molecule has 0 aromatic heterocycles. The molecule has 0 saturated carbocycles. The number of hydrogen-bond acceptors (Lipinski definition) is 6. The molecule has 0 radical (unpaired) electrons. The highest BCUT2D eigenvalue weighted by molar-refractivity contribution is 6.60. The molecule has 2 aromatic carbocycles. The summed E-state index contributed by atoms with van der Waals surface area (Å²) in [7, 11) is 2.22. The van der Waals surface area contributed by atoms with Gasteiger partial charge in [0.1, 0.15) is 0 Å². The lowest BCUT2D eigenvalue weighted by atomic mass is 9.92. The second-order valence-corrected chi connectivity index (χ2v) is 11.2. The number of rotatable bonds is 11. The van der Waals surface area contributed by atoms with Crippen LogP contribution in [-0.4, -0.2) is 59.9 Å². The minimum atomic E-state index is -2.60. The second kappa shape index (κ2) is 9.91. The third-order valence-electron chi connectivity index (χ3n) is 5.83. The molecule has 3 rings (SSSR count). The molecule has 0 fully saturated rings.